The van der Waals surface area contributed by atoms with Gasteiger partial charge in [0.2, 0.25) is 5.91 Å². The van der Waals surface area contributed by atoms with Gasteiger partial charge in [0.1, 0.15) is 0 Å². The van der Waals surface area contributed by atoms with Crippen molar-refractivity contribution in [3.63, 3.8) is 0 Å². The van der Waals surface area contributed by atoms with Crippen LogP contribution in [0.3, 0.4) is 0 Å². The molecule has 1 aliphatic rings. The quantitative estimate of drug-likeness (QED) is 0.805. The summed E-state index contributed by atoms with van der Waals surface area (Å²) in [6.45, 7) is 12.8. The van der Waals surface area contributed by atoms with Gasteiger partial charge in [-0.25, -0.2) is 0 Å². The molecule has 0 unspecified atom stereocenters. The maximum Gasteiger partial charge on any atom is 0.253 e. The van der Waals surface area contributed by atoms with Crippen LogP contribution in [0.4, 0.5) is 11.4 Å². The Morgan fingerprint density at radius 1 is 1.15 bits per heavy atom. The van der Waals surface area contributed by atoms with E-state index >= 15 is 0 Å². The van der Waals surface area contributed by atoms with Gasteiger partial charge in [-0.2, -0.15) is 0 Å². The standard InChI is InChI=1S/C21H33N3O2/c1-15(2)14-22-20(26)17-12-16(23-19(25)13-21(3,4)5)8-9-18(17)24-10-6-7-11-24/h8-9,12,15H,6-7,10-11,13-14H2,1-5H3,(H,22,26)(H,23,25). The third kappa shape index (κ3) is 6.04. The number of anilines is 2. The number of nitrogens with one attached hydrogen (secondary N) is 2. The number of benzene rings is 1. The summed E-state index contributed by atoms with van der Waals surface area (Å²) in [6.07, 6.45) is 2.74. The summed E-state index contributed by atoms with van der Waals surface area (Å²) in [6, 6.07) is 5.67. The average molecular weight is 360 g/mol. The number of hydrogen-bond acceptors (Lipinski definition) is 3. The first-order chi connectivity index (χ1) is 12.2. The van der Waals surface area contributed by atoms with Crippen molar-refractivity contribution in [2.45, 2.75) is 53.9 Å². The van der Waals surface area contributed by atoms with E-state index in [1.165, 1.54) is 0 Å². The van der Waals surface area contributed by atoms with Crippen molar-refractivity contribution >= 4 is 23.2 Å². The van der Waals surface area contributed by atoms with Crippen LogP contribution in [0, 0.1) is 11.3 Å². The van der Waals surface area contributed by atoms with Crippen molar-refractivity contribution < 1.29 is 9.59 Å². The molecule has 2 N–H and O–H groups in total. The van der Waals surface area contributed by atoms with Gasteiger partial charge in [-0.3, -0.25) is 9.59 Å². The molecule has 1 heterocycles. The second-order valence-corrected chi connectivity index (χ2v) is 8.82. The molecule has 2 amide bonds. The molecule has 1 aromatic carbocycles. The summed E-state index contributed by atoms with van der Waals surface area (Å²) in [4.78, 5) is 27.2. The summed E-state index contributed by atoms with van der Waals surface area (Å²) in [5.74, 6) is 0.288. The Bertz CT molecular complexity index is 641. The maximum absolute atomic E-state index is 12.7. The number of nitrogens with zero attached hydrogens (tertiary/aromatic N) is 1. The van der Waals surface area contributed by atoms with Gasteiger partial charge in [-0.05, 0) is 42.4 Å². The van der Waals surface area contributed by atoms with Crippen LogP contribution in [0.2, 0.25) is 0 Å². The first-order valence-corrected chi connectivity index (χ1v) is 9.63. The van der Waals surface area contributed by atoms with Crippen molar-refractivity contribution in [1.29, 1.82) is 0 Å². The highest BCUT2D eigenvalue weighted by Crippen LogP contribution is 2.28. The van der Waals surface area contributed by atoms with Crippen LogP contribution in [-0.4, -0.2) is 31.4 Å². The Kier molecular flexibility index (Phi) is 6.68. The molecule has 1 fully saturated rings. The van der Waals surface area contributed by atoms with Gasteiger partial charge >= 0.3 is 0 Å². The van der Waals surface area contributed by atoms with Gasteiger partial charge in [-0.1, -0.05) is 34.6 Å². The lowest BCUT2D eigenvalue weighted by molar-refractivity contribution is -0.117. The first-order valence-electron chi connectivity index (χ1n) is 9.63. The molecule has 5 nitrogen and oxygen atoms in total. The normalized spacial score (nSPS) is 14.6. The van der Waals surface area contributed by atoms with Crippen molar-refractivity contribution in [2.24, 2.45) is 11.3 Å². The number of carbonyl (C=O) groups is 2. The Balaban J connectivity index is 2.22. The molecule has 1 aliphatic heterocycles. The topological polar surface area (TPSA) is 61.4 Å². The molecule has 1 aromatic rings. The fourth-order valence-corrected chi connectivity index (χ4v) is 3.11. The minimum absolute atomic E-state index is 0.0278. The molecule has 0 bridgehead atoms. The Morgan fingerprint density at radius 3 is 2.38 bits per heavy atom. The zero-order chi connectivity index (χ0) is 19.3. The van der Waals surface area contributed by atoms with Crippen LogP contribution in [0.15, 0.2) is 18.2 Å². The predicted octanol–water partition coefficient (Wildman–Crippen LogP) is 4.05. The van der Waals surface area contributed by atoms with E-state index < -0.39 is 0 Å². The van der Waals surface area contributed by atoms with Gasteiger partial charge in [-0.15, -0.1) is 0 Å². The van der Waals surface area contributed by atoms with Gasteiger partial charge < -0.3 is 15.5 Å². The van der Waals surface area contributed by atoms with Crippen LogP contribution in [0.5, 0.6) is 0 Å². The summed E-state index contributed by atoms with van der Waals surface area (Å²) < 4.78 is 0. The van der Waals surface area contributed by atoms with E-state index in [1.807, 2.05) is 39.0 Å². The molecule has 5 heteroatoms. The summed E-state index contributed by atoms with van der Waals surface area (Å²) >= 11 is 0. The molecular formula is C21H33N3O2. The summed E-state index contributed by atoms with van der Waals surface area (Å²) in [5, 5.41) is 5.94. The Hall–Kier alpha value is -2.04. The number of rotatable bonds is 6. The van der Waals surface area contributed by atoms with Crippen LogP contribution in [0.1, 0.15) is 64.2 Å². The zero-order valence-electron chi connectivity index (χ0n) is 16.8. The van der Waals surface area contributed by atoms with Crippen LogP contribution in [0.25, 0.3) is 0 Å². The zero-order valence-corrected chi connectivity index (χ0v) is 16.8. The van der Waals surface area contributed by atoms with Crippen LogP contribution < -0.4 is 15.5 Å². The minimum Gasteiger partial charge on any atom is -0.371 e. The third-order valence-electron chi connectivity index (χ3n) is 4.33. The molecule has 2 rings (SSSR count). The fourth-order valence-electron chi connectivity index (χ4n) is 3.11. The summed E-state index contributed by atoms with van der Waals surface area (Å²) in [5.41, 5.74) is 2.20. The second-order valence-electron chi connectivity index (χ2n) is 8.82. The van der Waals surface area contributed by atoms with Gasteiger partial charge in [0, 0.05) is 37.4 Å². The van der Waals surface area contributed by atoms with E-state index in [0.29, 0.717) is 30.1 Å². The van der Waals surface area contributed by atoms with Crippen molar-refractivity contribution in [2.75, 3.05) is 29.9 Å². The van der Waals surface area contributed by atoms with E-state index in [2.05, 4.69) is 29.4 Å². The van der Waals surface area contributed by atoms with Crippen LogP contribution in [-0.2, 0) is 4.79 Å². The average Bonchev–Trinajstić information content (AvgIpc) is 3.04. The number of carbonyl (C=O) groups excluding carboxylic acids is 2. The van der Waals surface area contributed by atoms with Gasteiger partial charge in [0.05, 0.1) is 5.56 Å². The Labute approximate surface area is 157 Å². The van der Waals surface area contributed by atoms with E-state index in [0.717, 1.165) is 31.6 Å². The Morgan fingerprint density at radius 2 is 1.81 bits per heavy atom. The van der Waals surface area contributed by atoms with Crippen molar-refractivity contribution in [3.05, 3.63) is 23.8 Å². The number of hydrogen-bond donors (Lipinski definition) is 2. The lowest BCUT2D eigenvalue weighted by atomic mass is 9.92. The molecule has 0 aliphatic carbocycles. The van der Waals surface area contributed by atoms with Crippen LogP contribution >= 0.6 is 0 Å². The van der Waals surface area contributed by atoms with Gasteiger partial charge in [0.25, 0.3) is 5.91 Å². The smallest absolute Gasteiger partial charge is 0.253 e. The third-order valence-corrected chi connectivity index (χ3v) is 4.33. The van der Waals surface area contributed by atoms with E-state index in [-0.39, 0.29) is 17.2 Å². The first kappa shape index (κ1) is 20.3. The highest BCUT2D eigenvalue weighted by Gasteiger charge is 2.21. The molecule has 0 atom stereocenters. The summed E-state index contributed by atoms with van der Waals surface area (Å²) in [7, 11) is 0. The predicted molar refractivity (Wildman–Crippen MR) is 108 cm³/mol. The second kappa shape index (κ2) is 8.56. The molecule has 1 saturated heterocycles. The lowest BCUT2D eigenvalue weighted by Gasteiger charge is -2.22. The number of amides is 2. The maximum atomic E-state index is 12.7. The van der Waals surface area contributed by atoms with E-state index in [4.69, 9.17) is 0 Å². The molecule has 0 radical (unpaired) electrons. The van der Waals surface area contributed by atoms with E-state index in [9.17, 15) is 9.59 Å². The highest BCUT2D eigenvalue weighted by molar-refractivity contribution is 6.02. The van der Waals surface area contributed by atoms with Crippen molar-refractivity contribution in [1.82, 2.24) is 5.32 Å². The van der Waals surface area contributed by atoms with Crippen molar-refractivity contribution in [3.8, 4) is 0 Å². The minimum atomic E-state index is -0.0764. The SMILES string of the molecule is CC(C)CNC(=O)c1cc(NC(=O)CC(C)(C)C)ccc1N1CCCC1. The molecular weight excluding hydrogens is 326 g/mol. The molecule has 0 aromatic heterocycles. The molecule has 0 saturated carbocycles. The largest absolute Gasteiger partial charge is 0.371 e. The molecule has 0 spiro atoms. The monoisotopic (exact) mass is 359 g/mol. The lowest BCUT2D eigenvalue weighted by Crippen LogP contribution is -2.30. The van der Waals surface area contributed by atoms with E-state index in [1.54, 1.807) is 0 Å². The highest BCUT2D eigenvalue weighted by atomic mass is 16.2. The fraction of sp³-hybridized carbons (Fsp3) is 0.619. The molecule has 26 heavy (non-hydrogen) atoms. The molecule has 144 valence electrons. The van der Waals surface area contributed by atoms with Gasteiger partial charge in [0.15, 0.2) is 0 Å².